The first kappa shape index (κ1) is 10.5. The second kappa shape index (κ2) is 3.69. The summed E-state index contributed by atoms with van der Waals surface area (Å²) in [7, 11) is 0. The molecular weight excluding hydrogens is 236 g/mol. The number of carboxylic acid groups (broad SMARTS) is 1. The van der Waals surface area contributed by atoms with Crippen LogP contribution in [-0.2, 0) is 0 Å². The number of aromatic carboxylic acids is 1. The van der Waals surface area contributed by atoms with Crippen LogP contribution in [0.25, 0.3) is 22.3 Å². The van der Waals surface area contributed by atoms with Gasteiger partial charge in [0.1, 0.15) is 5.76 Å². The van der Waals surface area contributed by atoms with Crippen LogP contribution in [0.2, 0.25) is 0 Å². The Morgan fingerprint density at radius 1 is 1.44 bits per heavy atom. The van der Waals surface area contributed by atoms with E-state index >= 15 is 0 Å². The molecule has 3 rings (SSSR count). The van der Waals surface area contributed by atoms with Gasteiger partial charge in [0.2, 0.25) is 0 Å². The highest BCUT2D eigenvalue weighted by Gasteiger charge is 2.23. The van der Waals surface area contributed by atoms with Crippen molar-refractivity contribution in [1.29, 1.82) is 0 Å². The first-order valence-corrected chi connectivity index (χ1v) is 5.20. The topological polar surface area (TPSA) is 89.4 Å². The van der Waals surface area contributed by atoms with Gasteiger partial charge in [0.15, 0.2) is 5.58 Å². The molecule has 0 bridgehead atoms. The Kier molecular flexibility index (Phi) is 2.16. The molecule has 0 saturated heterocycles. The highest BCUT2D eigenvalue weighted by atomic mass is 16.5. The second-order valence-electron chi connectivity index (χ2n) is 3.80. The quantitative estimate of drug-likeness (QED) is 0.744. The molecule has 0 saturated carbocycles. The van der Waals surface area contributed by atoms with Crippen LogP contribution >= 0.6 is 0 Å². The lowest BCUT2D eigenvalue weighted by molar-refractivity contribution is 0.0653. The van der Waals surface area contributed by atoms with Crippen LogP contribution in [0.1, 0.15) is 16.2 Å². The van der Waals surface area contributed by atoms with E-state index in [4.69, 9.17) is 14.0 Å². The van der Waals surface area contributed by atoms with Gasteiger partial charge in [0, 0.05) is 11.6 Å². The Labute approximate surface area is 101 Å². The molecule has 0 aliphatic rings. The van der Waals surface area contributed by atoms with Crippen molar-refractivity contribution in [2.75, 3.05) is 0 Å². The van der Waals surface area contributed by atoms with Crippen molar-refractivity contribution < 1.29 is 18.8 Å². The van der Waals surface area contributed by atoms with Gasteiger partial charge < -0.3 is 14.0 Å². The first-order valence-electron chi connectivity index (χ1n) is 5.20. The number of furan rings is 1. The molecule has 18 heavy (non-hydrogen) atoms. The predicted octanol–water partition coefficient (Wildman–Crippen LogP) is 2.49. The average Bonchev–Trinajstić information content (AvgIpc) is 2.91. The van der Waals surface area contributed by atoms with E-state index in [-0.39, 0.29) is 5.76 Å². The average molecular weight is 244 g/mol. The van der Waals surface area contributed by atoms with Crippen molar-refractivity contribution in [3.8, 4) is 11.3 Å². The third-order valence-electron chi connectivity index (χ3n) is 2.63. The molecule has 0 fully saturated rings. The molecule has 3 heterocycles. The third kappa shape index (κ3) is 1.46. The predicted molar refractivity (Wildman–Crippen MR) is 61.2 cm³/mol. The highest BCUT2D eigenvalue weighted by molar-refractivity contribution is 5.94. The molecule has 3 aromatic rings. The van der Waals surface area contributed by atoms with Crippen LogP contribution in [0.15, 0.2) is 33.5 Å². The Morgan fingerprint density at radius 2 is 2.28 bits per heavy atom. The molecule has 0 spiro atoms. The number of pyridine rings is 1. The van der Waals surface area contributed by atoms with Crippen molar-refractivity contribution in [2.24, 2.45) is 0 Å². The molecule has 0 aliphatic carbocycles. The number of aromatic nitrogens is 2. The Balaban J connectivity index is 2.25. The van der Waals surface area contributed by atoms with Crippen LogP contribution in [-0.4, -0.2) is 21.2 Å². The number of carbonyl (C=O) groups is 1. The number of aryl methyl sites for hydroxylation is 1. The van der Waals surface area contributed by atoms with E-state index in [9.17, 15) is 4.79 Å². The summed E-state index contributed by atoms with van der Waals surface area (Å²) in [5, 5.41) is 13.5. The molecule has 0 aromatic carbocycles. The number of hydrogen-bond acceptors (Lipinski definition) is 5. The van der Waals surface area contributed by atoms with Gasteiger partial charge in [-0.15, -0.1) is 0 Å². The molecule has 0 radical (unpaired) electrons. The fraction of sp³-hybridized carbons (Fsp3) is 0.0833. The fourth-order valence-electron chi connectivity index (χ4n) is 1.81. The summed E-state index contributed by atoms with van der Waals surface area (Å²) in [6.45, 7) is 1.66. The monoisotopic (exact) mass is 244 g/mol. The summed E-state index contributed by atoms with van der Waals surface area (Å²) >= 11 is 0. The van der Waals surface area contributed by atoms with Crippen molar-refractivity contribution >= 4 is 16.9 Å². The van der Waals surface area contributed by atoms with Crippen LogP contribution in [0, 0.1) is 6.92 Å². The molecule has 90 valence electrons. The van der Waals surface area contributed by atoms with E-state index in [1.54, 1.807) is 31.5 Å². The molecular formula is C12H8N2O4. The number of rotatable bonds is 2. The van der Waals surface area contributed by atoms with E-state index < -0.39 is 5.97 Å². The lowest BCUT2D eigenvalue weighted by Gasteiger charge is -1.93. The van der Waals surface area contributed by atoms with Crippen molar-refractivity contribution in [3.05, 3.63) is 36.0 Å². The summed E-state index contributed by atoms with van der Waals surface area (Å²) in [6.07, 6.45) is 3.21. The van der Waals surface area contributed by atoms with Crippen molar-refractivity contribution in [2.45, 2.75) is 6.92 Å². The summed E-state index contributed by atoms with van der Waals surface area (Å²) in [5.41, 5.74) is 1.42. The van der Waals surface area contributed by atoms with Crippen LogP contribution in [0.4, 0.5) is 0 Å². The van der Waals surface area contributed by atoms with Crippen LogP contribution < -0.4 is 0 Å². The number of nitrogens with zero attached hydrogens (tertiary/aromatic N) is 2. The summed E-state index contributed by atoms with van der Waals surface area (Å²) in [5.74, 6) is -0.988. The van der Waals surface area contributed by atoms with Gasteiger partial charge in [-0.05, 0) is 19.1 Å². The third-order valence-corrected chi connectivity index (χ3v) is 2.63. The number of hydrogen-bond donors (Lipinski definition) is 1. The van der Waals surface area contributed by atoms with E-state index in [1.807, 2.05) is 0 Å². The number of carboxylic acids is 1. The van der Waals surface area contributed by atoms with Gasteiger partial charge in [-0.3, -0.25) is 4.98 Å². The molecule has 0 unspecified atom stereocenters. The molecule has 0 atom stereocenters. The van der Waals surface area contributed by atoms with Gasteiger partial charge >= 0.3 is 5.97 Å². The largest absolute Gasteiger partial charge is 0.475 e. The lowest BCUT2D eigenvalue weighted by Crippen LogP contribution is -1.95. The standard InChI is InChI=1S/C12H8N2O4/c1-6-10(11(12(15)16)18-14-6)8-4-7-2-3-13-5-9(7)17-8/h2-5H,1H3,(H,15,16). The molecule has 6 nitrogen and oxygen atoms in total. The lowest BCUT2D eigenvalue weighted by atomic mass is 10.1. The Morgan fingerprint density at radius 3 is 3.00 bits per heavy atom. The minimum atomic E-state index is -1.18. The Bertz CT molecular complexity index is 708. The molecule has 1 N–H and O–H groups in total. The first-order chi connectivity index (χ1) is 8.66. The molecule has 6 heteroatoms. The van der Waals surface area contributed by atoms with Crippen molar-refractivity contribution in [1.82, 2.24) is 10.1 Å². The normalized spacial score (nSPS) is 10.9. The molecule has 0 aliphatic heterocycles. The minimum absolute atomic E-state index is 0.223. The van der Waals surface area contributed by atoms with E-state index in [2.05, 4.69) is 10.1 Å². The van der Waals surface area contributed by atoms with Crippen LogP contribution in [0.3, 0.4) is 0 Å². The molecule has 0 amide bonds. The van der Waals surface area contributed by atoms with Gasteiger partial charge in [-0.2, -0.15) is 0 Å². The van der Waals surface area contributed by atoms with Crippen molar-refractivity contribution in [3.63, 3.8) is 0 Å². The zero-order chi connectivity index (χ0) is 12.7. The van der Waals surface area contributed by atoms with Gasteiger partial charge in [0.25, 0.3) is 5.76 Å². The highest BCUT2D eigenvalue weighted by Crippen LogP contribution is 2.32. The fourth-order valence-corrected chi connectivity index (χ4v) is 1.81. The maximum absolute atomic E-state index is 11.0. The summed E-state index contributed by atoms with van der Waals surface area (Å²) in [6, 6.07) is 3.52. The second-order valence-corrected chi connectivity index (χ2v) is 3.80. The summed E-state index contributed by atoms with van der Waals surface area (Å²) < 4.78 is 10.3. The van der Waals surface area contributed by atoms with Gasteiger partial charge in [0.05, 0.1) is 17.5 Å². The van der Waals surface area contributed by atoms with Gasteiger partial charge in [-0.25, -0.2) is 4.79 Å². The van der Waals surface area contributed by atoms with E-state index in [0.29, 0.717) is 22.6 Å². The maximum Gasteiger partial charge on any atom is 0.375 e. The van der Waals surface area contributed by atoms with Crippen LogP contribution in [0.5, 0.6) is 0 Å². The van der Waals surface area contributed by atoms with Gasteiger partial charge in [-0.1, -0.05) is 5.16 Å². The SMILES string of the molecule is Cc1noc(C(=O)O)c1-c1cc2ccncc2o1. The smallest absolute Gasteiger partial charge is 0.375 e. The minimum Gasteiger partial charge on any atom is -0.475 e. The zero-order valence-electron chi connectivity index (χ0n) is 9.38. The van der Waals surface area contributed by atoms with E-state index in [0.717, 1.165) is 5.39 Å². The zero-order valence-corrected chi connectivity index (χ0v) is 9.38. The number of fused-ring (bicyclic) bond motifs is 1. The summed E-state index contributed by atoms with van der Waals surface area (Å²) in [4.78, 5) is 15.0. The molecule has 3 aromatic heterocycles. The maximum atomic E-state index is 11.0. The Hall–Kier alpha value is -2.63. The van der Waals surface area contributed by atoms with E-state index in [1.165, 1.54) is 0 Å².